The quantitative estimate of drug-likeness (QED) is 0.214. The van der Waals surface area contributed by atoms with Crippen LogP contribution in [0.5, 0.6) is 0 Å². The molecule has 0 radical (unpaired) electrons. The summed E-state index contributed by atoms with van der Waals surface area (Å²) < 4.78 is 0. The third-order valence-corrected chi connectivity index (χ3v) is 8.50. The van der Waals surface area contributed by atoms with E-state index in [-0.39, 0.29) is 16.7 Å². The van der Waals surface area contributed by atoms with E-state index in [9.17, 15) is 0 Å². The number of hydrogen-bond acceptors (Lipinski definition) is 0. The molecule has 40 heavy (non-hydrogen) atoms. The molecule has 2 unspecified atom stereocenters. The fourth-order valence-electron chi connectivity index (χ4n) is 5.84. The van der Waals surface area contributed by atoms with Crippen LogP contribution in [-0.4, -0.2) is 0 Å². The van der Waals surface area contributed by atoms with Crippen LogP contribution in [-0.2, 0) is 0 Å². The lowest BCUT2D eigenvalue weighted by atomic mass is 9.72. The van der Waals surface area contributed by atoms with Gasteiger partial charge in [-0.3, -0.25) is 0 Å². The van der Waals surface area contributed by atoms with Crippen LogP contribution in [0.25, 0.3) is 0 Å². The highest BCUT2D eigenvalue weighted by molar-refractivity contribution is 5.38. The normalized spacial score (nSPS) is 21.4. The van der Waals surface area contributed by atoms with E-state index in [4.69, 9.17) is 0 Å². The van der Waals surface area contributed by atoms with E-state index >= 15 is 0 Å². The Labute approximate surface area is 248 Å². The topological polar surface area (TPSA) is 0 Å². The molecule has 0 nitrogen and oxygen atoms in total. The molecule has 0 aromatic carbocycles. The molecular formula is C40H56. The molecule has 0 bridgehead atoms. The van der Waals surface area contributed by atoms with Gasteiger partial charge < -0.3 is 0 Å². The van der Waals surface area contributed by atoms with Gasteiger partial charge in [0.1, 0.15) is 0 Å². The van der Waals surface area contributed by atoms with Gasteiger partial charge >= 0.3 is 0 Å². The van der Waals surface area contributed by atoms with Gasteiger partial charge in [0.15, 0.2) is 0 Å². The summed E-state index contributed by atoms with van der Waals surface area (Å²) in [7, 11) is 0. The van der Waals surface area contributed by atoms with E-state index in [0.29, 0.717) is 5.92 Å². The molecule has 0 heterocycles. The first-order chi connectivity index (χ1) is 18.8. The Morgan fingerprint density at radius 3 is 1.98 bits per heavy atom. The maximum Gasteiger partial charge on any atom is 0.0357 e. The Hall–Kier alpha value is -2.70. The highest BCUT2D eigenvalue weighted by atomic mass is 14.3. The minimum absolute atomic E-state index is 0.280. The summed E-state index contributed by atoms with van der Waals surface area (Å²) in [5, 5.41) is 0. The first kappa shape index (κ1) is 33.5. The molecule has 2 rings (SSSR count). The minimum Gasteiger partial charge on any atom is -0.102 e. The van der Waals surface area contributed by atoms with Crippen molar-refractivity contribution in [2.75, 3.05) is 0 Å². The molecule has 2 aliphatic rings. The van der Waals surface area contributed by atoms with E-state index < -0.39 is 0 Å². The van der Waals surface area contributed by atoms with Gasteiger partial charge in [-0.05, 0) is 113 Å². The van der Waals surface area contributed by atoms with Gasteiger partial charge in [0.25, 0.3) is 0 Å². The van der Waals surface area contributed by atoms with Gasteiger partial charge in [-0.1, -0.05) is 112 Å². The fourth-order valence-corrected chi connectivity index (χ4v) is 5.84. The van der Waals surface area contributed by atoms with E-state index in [1.807, 2.05) is 6.08 Å². The summed E-state index contributed by atoms with van der Waals surface area (Å²) in [4.78, 5) is 0. The van der Waals surface area contributed by atoms with Gasteiger partial charge in [0, 0.05) is 18.8 Å². The standard InChI is InChI=1S/C40H56/c1-31(19-13-21-33(3)25-27-37-35(5)23-15-29-39(37,7)8)17-11-12-18-32(2)20-14-22-34(4)26-28-38-36(6)24-16-30-40(38,9)10/h13,17,19,21,25-28,32,34H,15-16,18,20,23-24,29-30H2,1-10H3/b19-13+,27-25+,28-26+,31-17+,33-21-. The maximum atomic E-state index is 3.43. The van der Waals surface area contributed by atoms with Gasteiger partial charge in [-0.15, -0.1) is 5.92 Å². The van der Waals surface area contributed by atoms with E-state index in [1.54, 1.807) is 11.1 Å². The van der Waals surface area contributed by atoms with Crippen molar-refractivity contribution in [3.63, 3.8) is 0 Å². The molecule has 0 aromatic heterocycles. The van der Waals surface area contributed by atoms with Crippen molar-refractivity contribution in [1.82, 2.24) is 0 Å². The van der Waals surface area contributed by atoms with Crippen LogP contribution < -0.4 is 0 Å². The van der Waals surface area contributed by atoms with Crippen LogP contribution in [0, 0.1) is 46.3 Å². The zero-order valence-electron chi connectivity index (χ0n) is 27.4. The molecule has 0 amide bonds. The molecule has 0 saturated carbocycles. The van der Waals surface area contributed by atoms with Crippen molar-refractivity contribution in [3.8, 4) is 23.7 Å². The predicted octanol–water partition coefficient (Wildman–Crippen LogP) is 11.7. The summed E-state index contributed by atoms with van der Waals surface area (Å²) in [6.07, 6.45) is 27.1. The van der Waals surface area contributed by atoms with Gasteiger partial charge in [-0.2, -0.15) is 0 Å². The molecule has 0 spiro atoms. The van der Waals surface area contributed by atoms with E-state index in [0.717, 1.165) is 12.8 Å². The molecule has 0 aliphatic heterocycles. The second-order valence-electron chi connectivity index (χ2n) is 13.7. The van der Waals surface area contributed by atoms with Gasteiger partial charge in [0.05, 0.1) is 0 Å². The minimum atomic E-state index is 0.280. The van der Waals surface area contributed by atoms with Crippen molar-refractivity contribution in [3.05, 3.63) is 82.0 Å². The Morgan fingerprint density at radius 1 is 0.800 bits per heavy atom. The zero-order chi connectivity index (χ0) is 29.8. The SMILES string of the molecule is CC1=C(/C=C/C(C)=C\C=C\C(C)=C\C#CCC(C)CC#CC(C)/C=C/C2=C(C)CCCC2(C)C)C(C)(C)CCC1. The van der Waals surface area contributed by atoms with Crippen LogP contribution in [0.3, 0.4) is 0 Å². The number of allylic oxidation sites excluding steroid dienone is 14. The Balaban J connectivity index is 1.81. The second kappa shape index (κ2) is 15.9. The average Bonchev–Trinajstić information content (AvgIpc) is 2.85. The maximum absolute atomic E-state index is 3.43. The molecule has 0 heteroatoms. The first-order valence-corrected chi connectivity index (χ1v) is 15.6. The summed E-state index contributed by atoms with van der Waals surface area (Å²) in [5.74, 6) is 14.2. The summed E-state index contributed by atoms with van der Waals surface area (Å²) >= 11 is 0. The Bertz CT molecular complexity index is 1200. The average molecular weight is 537 g/mol. The number of hydrogen-bond donors (Lipinski definition) is 0. The van der Waals surface area contributed by atoms with Crippen LogP contribution in [0.4, 0.5) is 0 Å². The van der Waals surface area contributed by atoms with Crippen molar-refractivity contribution in [2.24, 2.45) is 22.7 Å². The van der Waals surface area contributed by atoms with Crippen LogP contribution >= 0.6 is 0 Å². The largest absolute Gasteiger partial charge is 0.102 e. The summed E-state index contributed by atoms with van der Waals surface area (Å²) in [6, 6.07) is 0. The highest BCUT2D eigenvalue weighted by Crippen LogP contribution is 2.41. The molecular weight excluding hydrogens is 480 g/mol. The first-order valence-electron chi connectivity index (χ1n) is 15.6. The molecule has 0 N–H and O–H groups in total. The van der Waals surface area contributed by atoms with E-state index in [1.165, 1.54) is 60.8 Å². The number of rotatable bonds is 8. The third-order valence-electron chi connectivity index (χ3n) is 8.50. The van der Waals surface area contributed by atoms with Crippen molar-refractivity contribution >= 4 is 0 Å². The third kappa shape index (κ3) is 11.4. The monoisotopic (exact) mass is 536 g/mol. The lowest BCUT2D eigenvalue weighted by molar-refractivity contribution is 0.376. The van der Waals surface area contributed by atoms with Gasteiger partial charge in [-0.25, -0.2) is 0 Å². The molecule has 0 saturated heterocycles. The van der Waals surface area contributed by atoms with Crippen LogP contribution in [0.2, 0.25) is 0 Å². The molecule has 2 atom stereocenters. The van der Waals surface area contributed by atoms with Crippen molar-refractivity contribution in [2.45, 2.75) is 121 Å². The fraction of sp³-hybridized carbons (Fsp3) is 0.550. The summed E-state index contributed by atoms with van der Waals surface area (Å²) in [5.41, 5.74) is 9.14. The van der Waals surface area contributed by atoms with Crippen molar-refractivity contribution in [1.29, 1.82) is 0 Å². The van der Waals surface area contributed by atoms with Gasteiger partial charge in [0.2, 0.25) is 0 Å². The Kier molecular flexibility index (Phi) is 13.3. The van der Waals surface area contributed by atoms with Crippen LogP contribution in [0.15, 0.2) is 82.0 Å². The van der Waals surface area contributed by atoms with E-state index in [2.05, 4.69) is 135 Å². The highest BCUT2D eigenvalue weighted by Gasteiger charge is 2.27. The summed E-state index contributed by atoms with van der Waals surface area (Å²) in [6.45, 7) is 22.8. The predicted molar refractivity (Wildman–Crippen MR) is 179 cm³/mol. The molecule has 0 fully saturated rings. The Morgan fingerprint density at radius 2 is 1.38 bits per heavy atom. The second-order valence-corrected chi connectivity index (χ2v) is 13.7. The van der Waals surface area contributed by atoms with Crippen molar-refractivity contribution < 1.29 is 0 Å². The molecule has 2 aliphatic carbocycles. The zero-order valence-corrected chi connectivity index (χ0v) is 27.4. The molecule has 216 valence electrons. The lowest BCUT2D eigenvalue weighted by Gasteiger charge is -2.33. The lowest BCUT2D eigenvalue weighted by Crippen LogP contribution is -2.19. The molecule has 0 aromatic rings. The van der Waals surface area contributed by atoms with Crippen LogP contribution in [0.1, 0.15) is 121 Å². The smallest absolute Gasteiger partial charge is 0.0357 e.